The molecule has 154 valence electrons. The Bertz CT molecular complexity index is 1100. The number of fused-ring (bicyclic) bond motifs is 1. The SMILES string of the molecule is COC(=O)Nc1cnc(N[C@@H](C)c2cc3cc(Cl)c(OC(C)C)cc3[nH]c2=O)s1. The normalized spacial score (nSPS) is 12.1. The van der Waals surface area contributed by atoms with Gasteiger partial charge in [-0.05, 0) is 32.9 Å². The molecule has 1 amide bonds. The highest BCUT2D eigenvalue weighted by molar-refractivity contribution is 7.19. The summed E-state index contributed by atoms with van der Waals surface area (Å²) in [6.45, 7) is 5.66. The predicted octanol–water partition coefficient (Wildman–Crippen LogP) is 4.78. The summed E-state index contributed by atoms with van der Waals surface area (Å²) < 4.78 is 10.2. The minimum absolute atomic E-state index is 0.0305. The number of aromatic nitrogens is 2. The average molecular weight is 437 g/mol. The number of pyridine rings is 1. The Balaban J connectivity index is 1.84. The molecule has 3 aromatic rings. The molecule has 0 aliphatic carbocycles. The molecule has 3 rings (SSSR count). The van der Waals surface area contributed by atoms with Gasteiger partial charge in [0.1, 0.15) is 10.8 Å². The van der Waals surface area contributed by atoms with Crippen LogP contribution in [0.4, 0.5) is 14.9 Å². The summed E-state index contributed by atoms with van der Waals surface area (Å²) in [4.78, 5) is 31.0. The Morgan fingerprint density at radius 2 is 2.03 bits per heavy atom. The van der Waals surface area contributed by atoms with E-state index in [4.69, 9.17) is 16.3 Å². The van der Waals surface area contributed by atoms with E-state index in [-0.39, 0.29) is 17.7 Å². The number of rotatable bonds is 6. The summed E-state index contributed by atoms with van der Waals surface area (Å²) in [7, 11) is 1.29. The number of H-pyrrole nitrogens is 1. The van der Waals surface area contributed by atoms with Crippen LogP contribution < -0.4 is 20.9 Å². The number of hydrogen-bond acceptors (Lipinski definition) is 7. The van der Waals surface area contributed by atoms with Crippen LogP contribution in [-0.2, 0) is 4.74 Å². The fourth-order valence-corrected chi connectivity index (χ4v) is 3.71. The first-order valence-electron chi connectivity index (χ1n) is 8.87. The third-order valence-electron chi connectivity index (χ3n) is 4.01. The maximum absolute atomic E-state index is 12.6. The number of carbonyl (C=O) groups is 1. The molecule has 0 fully saturated rings. The molecule has 0 spiro atoms. The van der Waals surface area contributed by atoms with Crippen molar-refractivity contribution >= 4 is 50.1 Å². The number of halogens is 1. The van der Waals surface area contributed by atoms with Crippen molar-refractivity contribution in [3.63, 3.8) is 0 Å². The highest BCUT2D eigenvalue weighted by Crippen LogP contribution is 2.31. The van der Waals surface area contributed by atoms with Gasteiger partial charge < -0.3 is 19.8 Å². The van der Waals surface area contributed by atoms with Crippen LogP contribution in [0.2, 0.25) is 5.02 Å². The highest BCUT2D eigenvalue weighted by atomic mass is 35.5. The minimum atomic E-state index is -0.572. The largest absolute Gasteiger partial charge is 0.489 e. The van der Waals surface area contributed by atoms with E-state index >= 15 is 0 Å². The predicted molar refractivity (Wildman–Crippen MR) is 116 cm³/mol. The minimum Gasteiger partial charge on any atom is -0.489 e. The molecule has 3 N–H and O–H groups in total. The van der Waals surface area contributed by atoms with Crippen molar-refractivity contribution in [1.82, 2.24) is 9.97 Å². The average Bonchev–Trinajstić information content (AvgIpc) is 3.08. The van der Waals surface area contributed by atoms with Crippen molar-refractivity contribution in [3.8, 4) is 5.75 Å². The van der Waals surface area contributed by atoms with Crippen molar-refractivity contribution in [3.05, 3.63) is 45.3 Å². The molecule has 0 radical (unpaired) electrons. The number of carbonyl (C=O) groups excluding carboxylic acids is 1. The highest BCUT2D eigenvalue weighted by Gasteiger charge is 2.15. The van der Waals surface area contributed by atoms with Crippen LogP contribution in [0, 0.1) is 0 Å². The quantitative estimate of drug-likeness (QED) is 0.513. The van der Waals surface area contributed by atoms with E-state index < -0.39 is 6.09 Å². The molecule has 1 aromatic carbocycles. The fourth-order valence-electron chi connectivity index (χ4n) is 2.70. The number of methoxy groups -OCH3 is 1. The number of ether oxygens (including phenoxy) is 2. The Morgan fingerprint density at radius 1 is 1.28 bits per heavy atom. The third-order valence-corrected chi connectivity index (χ3v) is 5.15. The van der Waals surface area contributed by atoms with E-state index in [9.17, 15) is 9.59 Å². The van der Waals surface area contributed by atoms with E-state index in [0.717, 1.165) is 5.39 Å². The number of hydrogen-bond donors (Lipinski definition) is 3. The second kappa shape index (κ2) is 8.71. The van der Waals surface area contributed by atoms with Crippen LogP contribution in [0.25, 0.3) is 10.9 Å². The maximum Gasteiger partial charge on any atom is 0.412 e. The van der Waals surface area contributed by atoms with Crippen LogP contribution in [-0.4, -0.2) is 29.3 Å². The van der Waals surface area contributed by atoms with Gasteiger partial charge in [0.2, 0.25) is 0 Å². The topological polar surface area (TPSA) is 105 Å². The second-order valence-electron chi connectivity index (χ2n) is 6.60. The number of benzene rings is 1. The van der Waals surface area contributed by atoms with E-state index in [2.05, 4.69) is 25.3 Å². The van der Waals surface area contributed by atoms with Crippen molar-refractivity contribution in [1.29, 1.82) is 0 Å². The molecule has 0 aliphatic rings. The van der Waals surface area contributed by atoms with Gasteiger partial charge in [-0.15, -0.1) is 0 Å². The summed E-state index contributed by atoms with van der Waals surface area (Å²) in [5, 5.41) is 8.07. The number of nitrogens with one attached hydrogen (secondary N) is 3. The summed E-state index contributed by atoms with van der Waals surface area (Å²) >= 11 is 7.55. The van der Waals surface area contributed by atoms with Gasteiger partial charge in [-0.25, -0.2) is 9.78 Å². The maximum atomic E-state index is 12.6. The van der Waals surface area contributed by atoms with E-state index in [0.29, 0.717) is 32.0 Å². The first-order valence-corrected chi connectivity index (χ1v) is 10.1. The van der Waals surface area contributed by atoms with E-state index in [1.54, 1.807) is 18.2 Å². The Labute approximate surface area is 176 Å². The first kappa shape index (κ1) is 20.9. The van der Waals surface area contributed by atoms with E-state index in [1.165, 1.54) is 24.6 Å². The second-order valence-corrected chi connectivity index (χ2v) is 8.04. The van der Waals surface area contributed by atoms with Gasteiger partial charge >= 0.3 is 6.09 Å². The standard InChI is InChI=1S/C19H21ClN4O4S/c1-9(2)28-15-7-14-11(6-13(15)20)5-12(17(25)23-14)10(3)22-18-21-8-16(29-18)24-19(26)27-4/h5-10H,1-4H3,(H,21,22)(H,23,25)(H,24,26)/t10-/m0/s1. The third kappa shape index (κ3) is 4.99. The molecule has 2 aromatic heterocycles. The number of amides is 1. The molecule has 29 heavy (non-hydrogen) atoms. The smallest absolute Gasteiger partial charge is 0.412 e. The van der Waals surface area contributed by atoms with E-state index in [1.807, 2.05) is 20.8 Å². The molecular weight excluding hydrogens is 416 g/mol. The number of nitrogens with zero attached hydrogens (tertiary/aromatic N) is 1. The molecule has 1 atom stereocenters. The molecular formula is C19H21ClN4O4S. The first-order chi connectivity index (χ1) is 13.8. The summed E-state index contributed by atoms with van der Waals surface area (Å²) in [6.07, 6.45) is 0.908. The summed E-state index contributed by atoms with van der Waals surface area (Å²) in [5.74, 6) is 0.525. The molecule has 0 aliphatic heterocycles. The Hall–Kier alpha value is -2.78. The van der Waals surface area contributed by atoms with Crippen LogP contribution in [0.3, 0.4) is 0 Å². The zero-order chi connectivity index (χ0) is 21.1. The van der Waals surface area contributed by atoms with Gasteiger partial charge in [0.05, 0.1) is 36.0 Å². The number of aromatic amines is 1. The van der Waals surface area contributed by atoms with Gasteiger partial charge in [0, 0.05) is 17.0 Å². The van der Waals surface area contributed by atoms with Crippen molar-refractivity contribution in [2.24, 2.45) is 0 Å². The van der Waals surface area contributed by atoms with Crippen molar-refractivity contribution in [2.45, 2.75) is 32.9 Å². The van der Waals surface area contributed by atoms with Crippen LogP contribution in [0.1, 0.15) is 32.4 Å². The molecule has 2 heterocycles. The van der Waals surface area contributed by atoms with Gasteiger partial charge in [-0.2, -0.15) is 0 Å². The lowest BCUT2D eigenvalue weighted by Crippen LogP contribution is -2.19. The molecule has 0 saturated heterocycles. The zero-order valence-corrected chi connectivity index (χ0v) is 17.9. The number of anilines is 2. The molecule has 8 nitrogen and oxygen atoms in total. The van der Waals surface area contributed by atoms with Gasteiger partial charge in [0.25, 0.3) is 5.56 Å². The molecule has 0 saturated carbocycles. The Morgan fingerprint density at radius 3 is 2.72 bits per heavy atom. The summed E-state index contributed by atoms with van der Waals surface area (Å²) in [6, 6.07) is 4.96. The Kier molecular flexibility index (Phi) is 6.29. The number of thiazole rings is 1. The van der Waals surface area contributed by atoms with Crippen LogP contribution in [0.15, 0.2) is 29.2 Å². The summed E-state index contributed by atoms with van der Waals surface area (Å²) in [5.41, 5.74) is 0.952. The lowest BCUT2D eigenvalue weighted by Gasteiger charge is -2.15. The lowest BCUT2D eigenvalue weighted by atomic mass is 10.1. The van der Waals surface area contributed by atoms with Gasteiger partial charge in [0.15, 0.2) is 5.13 Å². The van der Waals surface area contributed by atoms with Crippen LogP contribution in [0.5, 0.6) is 5.75 Å². The van der Waals surface area contributed by atoms with Gasteiger partial charge in [-0.1, -0.05) is 22.9 Å². The fraction of sp³-hybridized carbons (Fsp3) is 0.316. The van der Waals surface area contributed by atoms with Crippen LogP contribution >= 0.6 is 22.9 Å². The van der Waals surface area contributed by atoms with Crippen molar-refractivity contribution < 1.29 is 14.3 Å². The monoisotopic (exact) mass is 436 g/mol. The van der Waals surface area contributed by atoms with Crippen molar-refractivity contribution in [2.75, 3.05) is 17.7 Å². The zero-order valence-electron chi connectivity index (χ0n) is 16.3. The lowest BCUT2D eigenvalue weighted by molar-refractivity contribution is 0.187. The molecule has 10 heteroatoms. The van der Waals surface area contributed by atoms with Gasteiger partial charge in [-0.3, -0.25) is 10.1 Å². The molecule has 0 bridgehead atoms. The molecule has 0 unspecified atom stereocenters.